The molecule has 3 aromatic heterocycles. The minimum Gasteiger partial charge on any atom is -0.471 e. The van der Waals surface area contributed by atoms with E-state index in [4.69, 9.17) is 4.42 Å². The molecule has 0 bridgehead atoms. The molecule has 6 aromatic rings. The number of rotatable bonds is 0. The highest BCUT2D eigenvalue weighted by molar-refractivity contribution is 7.04. The van der Waals surface area contributed by atoms with Crippen LogP contribution in [-0.4, -0.2) is 9.36 Å². The number of H-pyrrole nitrogens is 1. The van der Waals surface area contributed by atoms with Gasteiger partial charge in [0.1, 0.15) is 0 Å². The van der Waals surface area contributed by atoms with E-state index < -0.39 is 0 Å². The Morgan fingerprint density at radius 1 is 0.630 bits per heavy atom. The predicted octanol–water partition coefficient (Wildman–Crippen LogP) is 6.90. The van der Waals surface area contributed by atoms with Crippen molar-refractivity contribution in [2.75, 3.05) is 0 Å². The fourth-order valence-corrected chi connectivity index (χ4v) is 3.36. The molecule has 3 heterocycles. The van der Waals surface area contributed by atoms with Crippen LogP contribution in [0.1, 0.15) is 0 Å². The second-order valence-electron chi connectivity index (χ2n) is 5.96. The molecule has 0 fully saturated rings. The molecule has 4 heteroatoms. The zero-order valence-electron chi connectivity index (χ0n) is 14.6. The molecule has 6 rings (SSSR count). The van der Waals surface area contributed by atoms with Gasteiger partial charge in [-0.3, -0.25) is 0 Å². The zero-order valence-corrected chi connectivity index (χ0v) is 15.4. The third-order valence-corrected chi connectivity index (χ3v) is 4.79. The van der Waals surface area contributed by atoms with Crippen molar-refractivity contribution < 1.29 is 4.42 Å². The summed E-state index contributed by atoms with van der Waals surface area (Å²) in [6, 6.07) is 24.4. The quantitative estimate of drug-likeness (QED) is 0.316. The van der Waals surface area contributed by atoms with Gasteiger partial charge < -0.3 is 9.40 Å². The Balaban J connectivity index is 0.0000001000. The topological polar surface area (TPSA) is 41.8 Å². The molecule has 3 nitrogen and oxygen atoms in total. The van der Waals surface area contributed by atoms with Crippen molar-refractivity contribution in [1.82, 2.24) is 9.36 Å². The van der Waals surface area contributed by atoms with Gasteiger partial charge in [0.15, 0.2) is 0 Å². The molecule has 0 amide bonds. The minimum atomic E-state index is 1.10. The lowest BCUT2D eigenvalue weighted by Gasteiger charge is -1.81. The molecule has 27 heavy (non-hydrogen) atoms. The van der Waals surface area contributed by atoms with Gasteiger partial charge in [0.25, 0.3) is 0 Å². The monoisotopic (exact) mass is 370 g/mol. The van der Waals surface area contributed by atoms with Crippen LogP contribution in [0, 0.1) is 0 Å². The highest BCUT2D eigenvalue weighted by Gasteiger charge is 1.90. The Hall–Kier alpha value is -3.37. The lowest BCUT2D eigenvalue weighted by molar-refractivity contribution is 0.572. The van der Waals surface area contributed by atoms with E-state index in [9.17, 15) is 0 Å². The van der Waals surface area contributed by atoms with Crippen molar-refractivity contribution in [2.45, 2.75) is 0 Å². The molecular formula is C23H18N2OS. The molecule has 0 saturated carbocycles. The maximum atomic E-state index is 4.96. The average Bonchev–Trinajstić information content (AvgIpc) is 3.48. The number of hydrogen-bond donors (Lipinski definition) is 1. The maximum Gasteiger partial charge on any atom is 0.0981 e. The van der Waals surface area contributed by atoms with Crippen molar-refractivity contribution in [1.29, 1.82) is 0 Å². The van der Waals surface area contributed by atoms with Crippen molar-refractivity contribution >= 4 is 44.0 Å². The zero-order chi connectivity index (χ0) is 18.3. The van der Waals surface area contributed by atoms with Crippen LogP contribution >= 0.6 is 11.5 Å². The Morgan fingerprint density at radius 2 is 1.15 bits per heavy atom. The van der Waals surface area contributed by atoms with E-state index in [0.717, 1.165) is 16.3 Å². The van der Waals surface area contributed by atoms with E-state index in [1.54, 1.807) is 12.5 Å². The third-order valence-electron chi connectivity index (χ3n) is 4.13. The average molecular weight is 370 g/mol. The van der Waals surface area contributed by atoms with Gasteiger partial charge in [0, 0.05) is 33.9 Å². The summed E-state index contributed by atoms with van der Waals surface area (Å²) in [4.78, 5) is 3.04. The van der Waals surface area contributed by atoms with Crippen LogP contribution in [0.2, 0.25) is 0 Å². The smallest absolute Gasteiger partial charge is 0.0981 e. The molecule has 3 aromatic carbocycles. The maximum absolute atomic E-state index is 4.96. The second kappa shape index (κ2) is 8.34. The predicted molar refractivity (Wildman–Crippen MR) is 114 cm³/mol. The summed E-state index contributed by atoms with van der Waals surface area (Å²) in [6.45, 7) is 0. The summed E-state index contributed by atoms with van der Waals surface area (Å²) in [6.07, 6.45) is 7.48. The number of furan rings is 1. The summed E-state index contributed by atoms with van der Waals surface area (Å²) in [5.41, 5.74) is 1.10. The number of aromatic amines is 1. The molecule has 0 aliphatic rings. The summed E-state index contributed by atoms with van der Waals surface area (Å²) >= 11 is 1.50. The van der Waals surface area contributed by atoms with E-state index in [1.165, 1.54) is 27.7 Å². The molecule has 0 unspecified atom stereocenters. The molecule has 0 aliphatic carbocycles. The Kier molecular flexibility index (Phi) is 5.27. The van der Waals surface area contributed by atoms with Gasteiger partial charge in [0.05, 0.1) is 18.0 Å². The van der Waals surface area contributed by atoms with Gasteiger partial charge in [-0.25, -0.2) is 0 Å². The third kappa shape index (κ3) is 4.25. The summed E-state index contributed by atoms with van der Waals surface area (Å²) in [5.74, 6) is 0. The van der Waals surface area contributed by atoms with Crippen molar-refractivity contribution in [2.24, 2.45) is 0 Å². The van der Waals surface area contributed by atoms with E-state index in [0.29, 0.717) is 0 Å². The molecule has 0 radical (unpaired) electrons. The van der Waals surface area contributed by atoms with E-state index in [-0.39, 0.29) is 0 Å². The first kappa shape index (κ1) is 17.1. The molecule has 0 spiro atoms. The number of hydrogen-bond acceptors (Lipinski definition) is 3. The first-order chi connectivity index (χ1) is 13.4. The minimum absolute atomic E-state index is 1.10. The Morgan fingerprint density at radius 3 is 1.74 bits per heavy atom. The van der Waals surface area contributed by atoms with Crippen LogP contribution < -0.4 is 0 Å². The second-order valence-corrected chi connectivity index (χ2v) is 6.59. The van der Waals surface area contributed by atoms with Gasteiger partial charge in [-0.1, -0.05) is 66.7 Å². The van der Waals surface area contributed by atoms with Gasteiger partial charge in [-0.2, -0.15) is 4.37 Å². The van der Waals surface area contributed by atoms with Crippen molar-refractivity contribution in [3.8, 4) is 0 Å². The van der Waals surface area contributed by atoms with Crippen LogP contribution in [0.4, 0.5) is 0 Å². The highest BCUT2D eigenvalue weighted by atomic mass is 32.1. The fourth-order valence-electron chi connectivity index (χ4n) is 2.71. The van der Waals surface area contributed by atoms with Crippen LogP contribution in [0.15, 0.2) is 108 Å². The Bertz CT molecular complexity index is 1000. The van der Waals surface area contributed by atoms with Crippen LogP contribution in [0.25, 0.3) is 32.4 Å². The van der Waals surface area contributed by atoms with E-state index in [1.807, 2.05) is 67.0 Å². The van der Waals surface area contributed by atoms with Gasteiger partial charge in [0.2, 0.25) is 0 Å². The normalized spacial score (nSPS) is 10.2. The SMILES string of the molecule is c1ccc2c[nH]cc2c1.c1ccc2cocc2c1.c1ccc2nscc2c1. The molecule has 132 valence electrons. The summed E-state index contributed by atoms with van der Waals surface area (Å²) in [7, 11) is 0. The summed E-state index contributed by atoms with van der Waals surface area (Å²) < 4.78 is 9.13. The number of aromatic nitrogens is 2. The molecular weight excluding hydrogens is 352 g/mol. The first-order valence-corrected chi connectivity index (χ1v) is 9.45. The molecule has 0 atom stereocenters. The number of fused-ring (bicyclic) bond motifs is 3. The van der Waals surface area contributed by atoms with E-state index >= 15 is 0 Å². The van der Waals surface area contributed by atoms with Crippen molar-refractivity contribution in [3.05, 3.63) is 103 Å². The molecule has 1 N–H and O–H groups in total. The van der Waals surface area contributed by atoms with E-state index in [2.05, 4.69) is 32.9 Å². The van der Waals surface area contributed by atoms with Crippen molar-refractivity contribution in [3.63, 3.8) is 0 Å². The summed E-state index contributed by atoms with van der Waals surface area (Å²) in [5, 5.41) is 8.17. The van der Waals surface area contributed by atoms with Crippen LogP contribution in [0.5, 0.6) is 0 Å². The Labute approximate surface area is 161 Å². The fraction of sp³-hybridized carbons (Fsp3) is 0. The molecule has 0 saturated heterocycles. The van der Waals surface area contributed by atoms with Crippen LogP contribution in [0.3, 0.4) is 0 Å². The number of nitrogens with one attached hydrogen (secondary N) is 1. The lowest BCUT2D eigenvalue weighted by atomic mass is 10.2. The number of nitrogens with zero attached hydrogens (tertiary/aromatic N) is 1. The van der Waals surface area contributed by atoms with Gasteiger partial charge >= 0.3 is 0 Å². The lowest BCUT2D eigenvalue weighted by Crippen LogP contribution is -1.61. The highest BCUT2D eigenvalue weighted by Crippen LogP contribution is 2.13. The van der Waals surface area contributed by atoms with Gasteiger partial charge in [-0.05, 0) is 28.4 Å². The van der Waals surface area contributed by atoms with Gasteiger partial charge in [-0.15, -0.1) is 0 Å². The standard InChI is InChI=1S/C8H7N.C8H6O.C7H5NS/c2*1-2-4-8-6-9-5-7(8)3-1;1-2-4-7-6(3-1)5-9-8-7/h1-6,9H;1-6H;1-5H. The first-order valence-electron chi connectivity index (χ1n) is 8.62. The van der Waals surface area contributed by atoms with Crippen LogP contribution in [-0.2, 0) is 0 Å². The molecule has 0 aliphatic heterocycles. The number of benzene rings is 3. The largest absolute Gasteiger partial charge is 0.471 e.